The molecule has 108 valence electrons. The number of nitrogens with two attached hydrogens (primary N) is 1. The van der Waals surface area contributed by atoms with E-state index in [0.29, 0.717) is 24.9 Å². The molecule has 5 heteroatoms. The number of hydrogen-bond donors (Lipinski definition) is 1. The Kier molecular flexibility index (Phi) is 4.45. The Balaban J connectivity index is 1.85. The van der Waals surface area contributed by atoms with Gasteiger partial charge in [-0.2, -0.15) is 0 Å². The van der Waals surface area contributed by atoms with Crippen molar-refractivity contribution in [2.45, 2.75) is 39.2 Å². The second kappa shape index (κ2) is 5.90. The highest BCUT2D eigenvalue weighted by Gasteiger charge is 2.39. The fourth-order valence-electron chi connectivity index (χ4n) is 3.26. The first-order valence-electron chi connectivity index (χ1n) is 7.31. The van der Waals surface area contributed by atoms with Crippen molar-refractivity contribution in [1.29, 1.82) is 0 Å². The van der Waals surface area contributed by atoms with E-state index in [9.17, 15) is 9.59 Å². The van der Waals surface area contributed by atoms with Crippen molar-refractivity contribution in [2.75, 3.05) is 26.2 Å². The highest BCUT2D eigenvalue weighted by molar-refractivity contribution is 6.01. The number of nitrogens with zero attached hydrogens (tertiary/aromatic N) is 2. The van der Waals surface area contributed by atoms with Crippen LogP contribution in [0.25, 0.3) is 0 Å². The van der Waals surface area contributed by atoms with E-state index in [1.165, 1.54) is 0 Å². The Labute approximate surface area is 115 Å². The van der Waals surface area contributed by atoms with Crippen LogP contribution in [0.15, 0.2) is 0 Å². The summed E-state index contributed by atoms with van der Waals surface area (Å²) in [4.78, 5) is 27.7. The van der Waals surface area contributed by atoms with E-state index >= 15 is 0 Å². The molecule has 2 aliphatic rings. The number of piperidine rings is 1. The quantitative estimate of drug-likeness (QED) is 0.752. The molecular formula is C14H25N3O2. The molecule has 2 fully saturated rings. The predicted octanol–water partition coefficient (Wildman–Crippen LogP) is 0.441. The molecule has 1 atom stereocenters. The van der Waals surface area contributed by atoms with Crippen molar-refractivity contribution in [3.8, 4) is 0 Å². The Bertz CT molecular complexity index is 349. The van der Waals surface area contributed by atoms with Gasteiger partial charge in [0.1, 0.15) is 5.92 Å². The monoisotopic (exact) mass is 267 g/mol. The number of hydrogen-bond acceptors (Lipinski definition) is 3. The van der Waals surface area contributed by atoms with E-state index in [2.05, 4.69) is 18.7 Å². The lowest BCUT2D eigenvalue weighted by Crippen LogP contribution is -2.47. The smallest absolute Gasteiger partial charge is 0.235 e. The Morgan fingerprint density at radius 3 is 2.37 bits per heavy atom. The van der Waals surface area contributed by atoms with Crippen LogP contribution in [-0.4, -0.2) is 53.8 Å². The van der Waals surface area contributed by atoms with E-state index in [1.54, 1.807) is 0 Å². The molecule has 5 nitrogen and oxygen atoms in total. The van der Waals surface area contributed by atoms with Crippen LogP contribution in [0.5, 0.6) is 0 Å². The van der Waals surface area contributed by atoms with Crippen LogP contribution in [0.4, 0.5) is 0 Å². The highest BCUT2D eigenvalue weighted by atomic mass is 16.2. The van der Waals surface area contributed by atoms with E-state index in [-0.39, 0.29) is 5.91 Å². The Morgan fingerprint density at radius 2 is 1.89 bits per heavy atom. The van der Waals surface area contributed by atoms with Crippen LogP contribution >= 0.6 is 0 Å². The van der Waals surface area contributed by atoms with Gasteiger partial charge in [-0.3, -0.25) is 9.59 Å². The number of primary amides is 1. The third kappa shape index (κ3) is 3.26. The van der Waals surface area contributed by atoms with Crippen LogP contribution in [0, 0.1) is 11.8 Å². The molecule has 2 N–H and O–H groups in total. The van der Waals surface area contributed by atoms with E-state index in [1.807, 2.05) is 4.90 Å². The number of rotatable bonds is 4. The maximum Gasteiger partial charge on any atom is 0.235 e. The van der Waals surface area contributed by atoms with Crippen LogP contribution < -0.4 is 5.73 Å². The Hall–Kier alpha value is -1.10. The zero-order chi connectivity index (χ0) is 14.0. The molecule has 0 aliphatic carbocycles. The molecule has 2 heterocycles. The molecule has 0 aromatic heterocycles. The zero-order valence-corrected chi connectivity index (χ0v) is 12.0. The molecular weight excluding hydrogens is 242 g/mol. The Morgan fingerprint density at radius 1 is 1.26 bits per heavy atom. The second-order valence-corrected chi connectivity index (χ2v) is 6.20. The third-order valence-corrected chi connectivity index (χ3v) is 4.20. The first-order chi connectivity index (χ1) is 8.99. The number of amides is 2. The number of carbonyl (C=O) groups excluding carboxylic acids is 2. The van der Waals surface area contributed by atoms with Gasteiger partial charge in [-0.25, -0.2) is 0 Å². The van der Waals surface area contributed by atoms with E-state index in [0.717, 1.165) is 32.5 Å². The average Bonchev–Trinajstić information content (AvgIpc) is 2.71. The lowest BCUT2D eigenvalue weighted by Gasteiger charge is -2.37. The predicted molar refractivity (Wildman–Crippen MR) is 73.3 cm³/mol. The number of likely N-dealkylation sites (tertiary alicyclic amines) is 2. The van der Waals surface area contributed by atoms with Gasteiger partial charge in [0.05, 0.1) is 0 Å². The SMILES string of the molecule is CC(C)CN1CCC(N2CCC(C(N)=O)C2=O)CC1. The van der Waals surface area contributed by atoms with Crippen molar-refractivity contribution < 1.29 is 9.59 Å². The molecule has 1 unspecified atom stereocenters. The van der Waals surface area contributed by atoms with Crippen LogP contribution in [0.2, 0.25) is 0 Å². The van der Waals surface area contributed by atoms with Crippen LogP contribution in [0.3, 0.4) is 0 Å². The molecule has 0 spiro atoms. The lowest BCUT2D eigenvalue weighted by atomic mass is 10.0. The molecule has 2 aliphatic heterocycles. The molecule has 2 rings (SSSR count). The van der Waals surface area contributed by atoms with Crippen molar-refractivity contribution in [3.05, 3.63) is 0 Å². The summed E-state index contributed by atoms with van der Waals surface area (Å²) in [5.74, 6) is -0.405. The van der Waals surface area contributed by atoms with Crippen LogP contribution in [-0.2, 0) is 9.59 Å². The van der Waals surface area contributed by atoms with Gasteiger partial charge in [0.15, 0.2) is 0 Å². The molecule has 0 saturated carbocycles. The molecule has 2 amide bonds. The van der Waals surface area contributed by atoms with Gasteiger partial charge >= 0.3 is 0 Å². The molecule has 2 saturated heterocycles. The van der Waals surface area contributed by atoms with E-state index in [4.69, 9.17) is 5.73 Å². The lowest BCUT2D eigenvalue weighted by molar-refractivity contribution is -0.138. The zero-order valence-electron chi connectivity index (χ0n) is 12.0. The summed E-state index contributed by atoms with van der Waals surface area (Å²) in [6.45, 7) is 8.38. The van der Waals surface area contributed by atoms with Gasteiger partial charge in [0, 0.05) is 32.2 Å². The summed E-state index contributed by atoms with van der Waals surface area (Å²) in [6.07, 6.45) is 2.63. The van der Waals surface area contributed by atoms with Crippen molar-refractivity contribution in [2.24, 2.45) is 17.6 Å². The number of carbonyl (C=O) groups is 2. The summed E-state index contributed by atoms with van der Waals surface area (Å²) in [5.41, 5.74) is 5.26. The topological polar surface area (TPSA) is 66.6 Å². The van der Waals surface area contributed by atoms with Crippen LogP contribution in [0.1, 0.15) is 33.1 Å². The summed E-state index contributed by atoms with van der Waals surface area (Å²) in [6, 6.07) is 0.306. The second-order valence-electron chi connectivity index (χ2n) is 6.20. The largest absolute Gasteiger partial charge is 0.369 e. The minimum atomic E-state index is -0.575. The summed E-state index contributed by atoms with van der Waals surface area (Å²) in [7, 11) is 0. The van der Waals surface area contributed by atoms with Gasteiger partial charge in [-0.1, -0.05) is 13.8 Å². The maximum absolute atomic E-state index is 12.1. The summed E-state index contributed by atoms with van der Waals surface area (Å²) >= 11 is 0. The molecule has 0 radical (unpaired) electrons. The minimum absolute atomic E-state index is 0.0465. The van der Waals surface area contributed by atoms with Gasteiger partial charge < -0.3 is 15.5 Å². The van der Waals surface area contributed by atoms with Gasteiger partial charge in [0.25, 0.3) is 0 Å². The van der Waals surface area contributed by atoms with E-state index < -0.39 is 11.8 Å². The minimum Gasteiger partial charge on any atom is -0.369 e. The van der Waals surface area contributed by atoms with Gasteiger partial charge in [-0.05, 0) is 25.2 Å². The fraction of sp³-hybridized carbons (Fsp3) is 0.857. The van der Waals surface area contributed by atoms with Gasteiger partial charge in [-0.15, -0.1) is 0 Å². The fourth-order valence-corrected chi connectivity index (χ4v) is 3.26. The van der Waals surface area contributed by atoms with Crippen molar-refractivity contribution in [1.82, 2.24) is 9.80 Å². The van der Waals surface area contributed by atoms with Crippen molar-refractivity contribution in [3.63, 3.8) is 0 Å². The van der Waals surface area contributed by atoms with Crippen molar-refractivity contribution >= 4 is 11.8 Å². The standard InChI is InChI=1S/C14H25N3O2/c1-10(2)9-16-6-3-11(4-7-16)17-8-5-12(13(15)18)14(17)19/h10-12H,3-9H2,1-2H3,(H2,15,18). The first-order valence-corrected chi connectivity index (χ1v) is 7.31. The molecule has 0 bridgehead atoms. The summed E-state index contributed by atoms with van der Waals surface area (Å²) < 4.78 is 0. The molecule has 19 heavy (non-hydrogen) atoms. The maximum atomic E-state index is 12.1. The average molecular weight is 267 g/mol. The first kappa shape index (κ1) is 14.3. The molecule has 0 aromatic rings. The normalized spacial score (nSPS) is 26.4. The van der Waals surface area contributed by atoms with Gasteiger partial charge in [0.2, 0.25) is 11.8 Å². The molecule has 0 aromatic carbocycles. The third-order valence-electron chi connectivity index (χ3n) is 4.20. The highest BCUT2D eigenvalue weighted by Crippen LogP contribution is 2.25. The summed E-state index contributed by atoms with van der Waals surface area (Å²) in [5, 5.41) is 0.